The first-order valence-corrected chi connectivity index (χ1v) is 27.3. The number of anilines is 3. The molecule has 1 aliphatic heterocycles. The van der Waals surface area contributed by atoms with Gasteiger partial charge < -0.3 is 52.0 Å². The van der Waals surface area contributed by atoms with E-state index in [0.29, 0.717) is 65.7 Å². The number of para-hydroxylation sites is 1. The summed E-state index contributed by atoms with van der Waals surface area (Å²) in [6, 6.07) is 18.5. The summed E-state index contributed by atoms with van der Waals surface area (Å²) in [4.78, 5) is 126. The number of amides is 10. The van der Waals surface area contributed by atoms with Crippen molar-refractivity contribution in [3.05, 3.63) is 102 Å². The topological polar surface area (TPSA) is 318 Å². The standard InChI is InChI=1S/C58H74N12O11/c1-7-8-18-44-66-50-51(69(44)34-37-20-24-39(25-21-37)62-46(72)30-32-61-56(78)81-58(4,5)6)41-15-11-12-16-42(41)64-52(50)70(57(79)80)35-38-22-26-40(27-23-38)63-53(75)43(17-14-31-60-55(59)77)65-54(76)49(36(2)3)67-45(71)19-10-9-13-33-68-47(73)28-29-48(68)74/h11-12,15-16,20-29,36,43,49H,7-10,13-14,17-19,30-35H2,1-6H3,(H,61,78)(H,62,72)(H,63,75)(H,65,76)(H,67,71)(H,79,80)(H3,59,60,77)/t43-,49-/m0/s1. The van der Waals surface area contributed by atoms with Crippen molar-refractivity contribution in [2.75, 3.05) is 35.2 Å². The number of nitrogens with two attached hydrogens (primary N) is 1. The molecule has 2 aromatic heterocycles. The molecule has 0 spiro atoms. The zero-order valence-corrected chi connectivity index (χ0v) is 46.8. The number of aryl methyl sites for hydroxylation is 1. The lowest BCUT2D eigenvalue weighted by molar-refractivity contribution is -0.137. The van der Waals surface area contributed by atoms with E-state index in [9.17, 15) is 48.3 Å². The van der Waals surface area contributed by atoms with Gasteiger partial charge in [-0.2, -0.15) is 0 Å². The molecule has 432 valence electrons. The van der Waals surface area contributed by atoms with E-state index in [1.165, 1.54) is 12.2 Å². The number of fused-ring (bicyclic) bond motifs is 3. The van der Waals surface area contributed by atoms with Gasteiger partial charge in [0.1, 0.15) is 29.0 Å². The third kappa shape index (κ3) is 18.1. The average molecular weight is 1120 g/mol. The fraction of sp³-hybridized carbons (Fsp3) is 0.431. The van der Waals surface area contributed by atoms with Crippen LogP contribution in [0, 0.1) is 5.92 Å². The number of benzene rings is 3. The van der Waals surface area contributed by atoms with Gasteiger partial charge in [-0.3, -0.25) is 38.6 Å². The van der Waals surface area contributed by atoms with E-state index in [2.05, 4.69) is 43.4 Å². The van der Waals surface area contributed by atoms with Crippen LogP contribution >= 0.6 is 0 Å². The molecule has 10 amide bonds. The van der Waals surface area contributed by atoms with Gasteiger partial charge in [0.15, 0.2) is 5.82 Å². The first-order chi connectivity index (χ1) is 38.6. The number of carboxylic acid groups (broad SMARTS) is 1. The second-order valence-corrected chi connectivity index (χ2v) is 21.1. The molecule has 5 aromatic rings. The van der Waals surface area contributed by atoms with E-state index < -0.39 is 47.7 Å². The van der Waals surface area contributed by atoms with Crippen LogP contribution in [0.1, 0.15) is 116 Å². The number of ether oxygens (including phenoxy) is 1. The van der Waals surface area contributed by atoms with E-state index in [1.807, 2.05) is 36.4 Å². The number of hydrogen-bond donors (Lipinski definition) is 8. The van der Waals surface area contributed by atoms with Crippen LogP contribution in [-0.2, 0) is 53.0 Å². The Bertz CT molecular complexity index is 3100. The summed E-state index contributed by atoms with van der Waals surface area (Å²) in [5.74, 6) is -2.07. The number of pyridine rings is 1. The third-order valence-electron chi connectivity index (χ3n) is 13.1. The van der Waals surface area contributed by atoms with Gasteiger partial charge in [0, 0.05) is 74.4 Å². The maximum absolute atomic E-state index is 13.9. The monoisotopic (exact) mass is 1110 g/mol. The number of carbonyl (C=O) groups excluding carboxylic acids is 8. The summed E-state index contributed by atoms with van der Waals surface area (Å²) < 4.78 is 7.32. The molecule has 0 bridgehead atoms. The molecular formula is C58H74N12O11. The lowest BCUT2D eigenvalue weighted by Gasteiger charge is -2.25. The van der Waals surface area contributed by atoms with Gasteiger partial charge >= 0.3 is 18.2 Å². The molecule has 1 aliphatic rings. The molecule has 0 fully saturated rings. The Morgan fingerprint density at radius 1 is 0.741 bits per heavy atom. The van der Waals surface area contributed by atoms with Gasteiger partial charge in [-0.15, -0.1) is 0 Å². The second kappa shape index (κ2) is 28.8. The van der Waals surface area contributed by atoms with Crippen molar-refractivity contribution in [1.29, 1.82) is 0 Å². The Balaban J connectivity index is 1.15. The number of aromatic nitrogens is 3. The molecule has 0 aliphatic carbocycles. The molecular weight excluding hydrogens is 1040 g/mol. The predicted octanol–water partition coefficient (Wildman–Crippen LogP) is 7.01. The summed E-state index contributed by atoms with van der Waals surface area (Å²) in [6.45, 7) is 11.5. The SMILES string of the molecule is CCCCc1nc2c(N(Cc3ccc(NC(=O)[C@H](CCCNC(N)=O)NC(=O)[C@@H](NC(=O)CCCCCN4C(=O)C=CC4=O)C(C)C)cc3)C(=O)O)nc3ccccc3c2n1Cc1ccc(NC(=O)CCNC(=O)OC(C)(C)C)cc1. The molecule has 0 saturated heterocycles. The first-order valence-electron chi connectivity index (χ1n) is 27.3. The van der Waals surface area contributed by atoms with Crippen molar-refractivity contribution in [1.82, 2.24) is 40.7 Å². The zero-order valence-electron chi connectivity index (χ0n) is 46.8. The number of imidazole rings is 1. The van der Waals surface area contributed by atoms with Crippen LogP contribution in [0.2, 0.25) is 0 Å². The van der Waals surface area contributed by atoms with Gasteiger partial charge in [-0.05, 0) is 100 Å². The number of nitrogens with zero attached hydrogens (tertiary/aromatic N) is 5. The summed E-state index contributed by atoms with van der Waals surface area (Å²) in [5.41, 5.74) is 8.61. The smallest absolute Gasteiger partial charge is 0.413 e. The van der Waals surface area contributed by atoms with Gasteiger partial charge in [-0.25, -0.2) is 24.4 Å². The number of urea groups is 1. The van der Waals surface area contributed by atoms with Crippen LogP contribution in [0.4, 0.5) is 31.6 Å². The first kappa shape index (κ1) is 61.3. The molecule has 3 heterocycles. The molecule has 0 saturated carbocycles. The van der Waals surface area contributed by atoms with Crippen molar-refractivity contribution < 1.29 is 53.0 Å². The average Bonchev–Trinajstić information content (AvgIpc) is 3.02. The Morgan fingerprint density at radius 2 is 1.41 bits per heavy atom. The Hall–Kier alpha value is -8.89. The van der Waals surface area contributed by atoms with Crippen molar-refractivity contribution in [2.24, 2.45) is 11.7 Å². The van der Waals surface area contributed by atoms with Crippen molar-refractivity contribution in [3.63, 3.8) is 0 Å². The molecule has 2 atom stereocenters. The fourth-order valence-corrected chi connectivity index (χ4v) is 8.99. The molecule has 23 nitrogen and oxygen atoms in total. The van der Waals surface area contributed by atoms with Crippen LogP contribution in [-0.4, -0.2) is 116 Å². The minimum absolute atomic E-state index is 0.0406. The van der Waals surface area contributed by atoms with E-state index in [0.717, 1.165) is 39.4 Å². The highest BCUT2D eigenvalue weighted by molar-refractivity contribution is 6.13. The van der Waals surface area contributed by atoms with E-state index in [1.54, 1.807) is 71.0 Å². The lowest BCUT2D eigenvalue weighted by Crippen LogP contribution is -2.54. The Kier molecular flexibility index (Phi) is 21.8. The third-order valence-corrected chi connectivity index (χ3v) is 13.1. The predicted molar refractivity (Wildman–Crippen MR) is 306 cm³/mol. The minimum atomic E-state index is -1.27. The number of hydrogen-bond acceptors (Lipinski definition) is 12. The molecule has 3 aromatic carbocycles. The zero-order chi connectivity index (χ0) is 58.8. The van der Waals surface area contributed by atoms with Crippen LogP contribution in [0.15, 0.2) is 84.9 Å². The van der Waals surface area contributed by atoms with Crippen molar-refractivity contribution >= 4 is 92.8 Å². The summed E-state index contributed by atoms with van der Waals surface area (Å²) >= 11 is 0. The maximum Gasteiger partial charge on any atom is 0.413 e. The molecule has 81 heavy (non-hydrogen) atoms. The van der Waals surface area contributed by atoms with Gasteiger partial charge in [0.2, 0.25) is 23.6 Å². The quantitative estimate of drug-likeness (QED) is 0.0185. The van der Waals surface area contributed by atoms with E-state index in [4.69, 9.17) is 20.4 Å². The highest BCUT2D eigenvalue weighted by atomic mass is 16.6. The fourth-order valence-electron chi connectivity index (χ4n) is 8.99. The number of primary amides is 1. The highest BCUT2D eigenvalue weighted by Crippen LogP contribution is 2.34. The lowest BCUT2D eigenvalue weighted by atomic mass is 10.0. The second-order valence-electron chi connectivity index (χ2n) is 21.1. The number of imide groups is 1. The number of nitrogens with one attached hydrogen (secondary N) is 6. The van der Waals surface area contributed by atoms with E-state index >= 15 is 0 Å². The summed E-state index contributed by atoms with van der Waals surface area (Å²) in [7, 11) is 0. The van der Waals surface area contributed by atoms with Crippen LogP contribution in [0.5, 0.6) is 0 Å². The Morgan fingerprint density at radius 3 is 2.05 bits per heavy atom. The summed E-state index contributed by atoms with van der Waals surface area (Å²) in [5, 5.41) is 27.9. The van der Waals surface area contributed by atoms with Crippen LogP contribution in [0.25, 0.3) is 21.9 Å². The molecule has 0 radical (unpaired) electrons. The van der Waals surface area contributed by atoms with Gasteiger partial charge in [0.25, 0.3) is 11.8 Å². The number of rotatable bonds is 28. The van der Waals surface area contributed by atoms with Gasteiger partial charge in [-0.1, -0.05) is 76.1 Å². The number of unbranched alkanes of at least 4 members (excludes halogenated alkanes) is 3. The molecule has 23 heteroatoms. The largest absolute Gasteiger partial charge is 0.465 e. The summed E-state index contributed by atoms with van der Waals surface area (Å²) in [6.07, 6.45) is 4.88. The maximum atomic E-state index is 13.9. The molecule has 6 rings (SSSR count). The Labute approximate surface area is 470 Å². The van der Waals surface area contributed by atoms with Crippen molar-refractivity contribution in [3.8, 4) is 0 Å². The van der Waals surface area contributed by atoms with Crippen molar-refractivity contribution in [2.45, 2.75) is 137 Å². The van der Waals surface area contributed by atoms with Gasteiger partial charge in [0.05, 0.1) is 17.6 Å². The number of alkyl carbamates (subject to hydrolysis) is 1. The normalized spacial score (nSPS) is 13.0. The van der Waals surface area contributed by atoms with Crippen LogP contribution < -0.4 is 42.5 Å². The van der Waals surface area contributed by atoms with Crippen LogP contribution in [0.3, 0.4) is 0 Å². The number of carbonyl (C=O) groups is 9. The minimum Gasteiger partial charge on any atom is -0.465 e. The van der Waals surface area contributed by atoms with E-state index in [-0.39, 0.29) is 87.2 Å². The highest BCUT2D eigenvalue weighted by Gasteiger charge is 2.30. The molecule has 0 unspecified atom stereocenters. The molecule has 9 N–H and O–H groups in total.